The first-order chi connectivity index (χ1) is 16.7. The van der Waals surface area contributed by atoms with E-state index in [0.29, 0.717) is 12.4 Å². The lowest BCUT2D eigenvalue weighted by atomic mass is 9.82. The Labute approximate surface area is 211 Å². The molecular formula is C25H36N6O3S. The number of carbonyl (C=O) groups excluding carboxylic acids is 3. The van der Waals surface area contributed by atoms with Crippen molar-refractivity contribution in [2.75, 3.05) is 58.7 Å². The van der Waals surface area contributed by atoms with Crippen LogP contribution in [-0.2, 0) is 20.8 Å². The van der Waals surface area contributed by atoms with E-state index >= 15 is 0 Å². The third-order valence-electron chi connectivity index (χ3n) is 6.67. The first-order valence-electron chi connectivity index (χ1n) is 11.9. The molecule has 2 heterocycles. The van der Waals surface area contributed by atoms with Crippen LogP contribution < -0.4 is 11.1 Å². The highest BCUT2D eigenvalue weighted by Crippen LogP contribution is 2.26. The van der Waals surface area contributed by atoms with Crippen molar-refractivity contribution in [1.82, 2.24) is 19.7 Å². The number of thiazole rings is 1. The van der Waals surface area contributed by atoms with Crippen molar-refractivity contribution in [3.63, 3.8) is 0 Å². The van der Waals surface area contributed by atoms with Crippen LogP contribution in [0.4, 0.5) is 5.82 Å². The molecule has 2 atom stereocenters. The highest BCUT2D eigenvalue weighted by molar-refractivity contribution is 7.07. The zero-order chi connectivity index (χ0) is 25.4. The second-order valence-electron chi connectivity index (χ2n) is 9.38. The largest absolute Gasteiger partial charge is 0.368 e. The minimum absolute atomic E-state index is 0.201. The van der Waals surface area contributed by atoms with Crippen LogP contribution in [-0.4, -0.2) is 96.2 Å². The van der Waals surface area contributed by atoms with Gasteiger partial charge in [0.15, 0.2) is 0 Å². The molecule has 2 unspecified atom stereocenters. The van der Waals surface area contributed by atoms with Crippen LogP contribution in [0.15, 0.2) is 41.2 Å². The molecule has 1 aliphatic heterocycles. The monoisotopic (exact) mass is 500 g/mol. The molecular weight excluding hydrogens is 464 g/mol. The molecule has 9 nitrogen and oxygen atoms in total. The number of likely N-dealkylation sites (N-methyl/N-ethyl adjacent to an activating group) is 2. The van der Waals surface area contributed by atoms with Crippen molar-refractivity contribution in [2.24, 2.45) is 11.7 Å². The van der Waals surface area contributed by atoms with E-state index in [1.54, 1.807) is 29.8 Å². The number of hydrogen-bond donors (Lipinski definition) is 2. The lowest BCUT2D eigenvalue weighted by Crippen LogP contribution is -2.55. The highest BCUT2D eigenvalue weighted by atomic mass is 32.1. The van der Waals surface area contributed by atoms with Gasteiger partial charge < -0.3 is 20.9 Å². The second kappa shape index (κ2) is 12.2. The van der Waals surface area contributed by atoms with Gasteiger partial charge in [0.05, 0.1) is 11.4 Å². The fraction of sp³-hybridized carbons (Fsp3) is 0.520. The van der Waals surface area contributed by atoms with Crippen LogP contribution in [0, 0.1) is 5.92 Å². The lowest BCUT2D eigenvalue weighted by molar-refractivity contribution is -0.141. The third-order valence-corrected chi connectivity index (χ3v) is 7.26. The van der Waals surface area contributed by atoms with Gasteiger partial charge in [0.25, 0.3) is 0 Å². The summed E-state index contributed by atoms with van der Waals surface area (Å²) in [6.45, 7) is 6.87. The molecule has 1 aromatic heterocycles. The summed E-state index contributed by atoms with van der Waals surface area (Å²) in [7, 11) is 3.83. The Hall–Kier alpha value is -2.82. The van der Waals surface area contributed by atoms with Crippen molar-refractivity contribution in [3.8, 4) is 0 Å². The molecule has 1 fully saturated rings. The molecule has 1 aromatic carbocycles. The fourth-order valence-electron chi connectivity index (χ4n) is 4.24. The number of hydrogen-bond acceptors (Lipinski definition) is 8. The maximum Gasteiger partial charge on any atom is 0.243 e. The van der Waals surface area contributed by atoms with Crippen LogP contribution in [0.2, 0.25) is 0 Å². The number of amides is 2. The molecule has 0 aliphatic carbocycles. The van der Waals surface area contributed by atoms with Gasteiger partial charge in [-0.15, -0.1) is 11.3 Å². The van der Waals surface area contributed by atoms with Gasteiger partial charge in [-0.05, 0) is 19.5 Å². The number of rotatable bonds is 12. The van der Waals surface area contributed by atoms with Crippen molar-refractivity contribution in [1.29, 1.82) is 0 Å². The molecule has 2 aromatic rings. The molecule has 0 radical (unpaired) electrons. The first-order valence-corrected chi connectivity index (χ1v) is 12.8. The van der Waals surface area contributed by atoms with E-state index < -0.39 is 17.4 Å². The summed E-state index contributed by atoms with van der Waals surface area (Å²) in [5, 5.41) is 4.87. The van der Waals surface area contributed by atoms with Crippen molar-refractivity contribution >= 4 is 34.8 Å². The molecule has 0 bridgehead atoms. The quantitative estimate of drug-likeness (QED) is 0.423. The molecule has 10 heteroatoms. The van der Waals surface area contributed by atoms with E-state index in [1.807, 2.05) is 30.3 Å². The SMILES string of the molecule is CC(C(=O)CC(Cc1ccccc1)(Nc1cscn1)C(N)=O)C(=O)N(C)CCN1CCN(C)CC1. The number of primary amides is 1. The summed E-state index contributed by atoms with van der Waals surface area (Å²) in [5.74, 6) is -1.67. The van der Waals surface area contributed by atoms with Crippen molar-refractivity contribution in [2.45, 2.75) is 25.3 Å². The van der Waals surface area contributed by atoms with Gasteiger partial charge in [0.1, 0.15) is 17.1 Å². The summed E-state index contributed by atoms with van der Waals surface area (Å²) in [6, 6.07) is 9.38. The fourth-order valence-corrected chi connectivity index (χ4v) is 4.73. The van der Waals surface area contributed by atoms with E-state index in [9.17, 15) is 14.4 Å². The van der Waals surface area contributed by atoms with Crippen LogP contribution in [0.25, 0.3) is 0 Å². The van der Waals surface area contributed by atoms with Gasteiger partial charge in [-0.2, -0.15) is 0 Å². The van der Waals surface area contributed by atoms with Gasteiger partial charge >= 0.3 is 0 Å². The van der Waals surface area contributed by atoms with E-state index in [1.165, 1.54) is 11.3 Å². The molecule has 1 saturated heterocycles. The van der Waals surface area contributed by atoms with Crippen LogP contribution in [0.5, 0.6) is 0 Å². The Morgan fingerprint density at radius 1 is 1.20 bits per heavy atom. The summed E-state index contributed by atoms with van der Waals surface area (Å²) >= 11 is 1.37. The maximum atomic E-state index is 13.3. The Morgan fingerprint density at radius 3 is 2.49 bits per heavy atom. The first kappa shape index (κ1) is 26.8. The van der Waals surface area contributed by atoms with E-state index in [0.717, 1.165) is 38.3 Å². The van der Waals surface area contributed by atoms with E-state index in [2.05, 4.69) is 27.1 Å². The zero-order valence-electron chi connectivity index (χ0n) is 20.8. The number of piperazine rings is 1. The number of benzene rings is 1. The smallest absolute Gasteiger partial charge is 0.243 e. The van der Waals surface area contributed by atoms with Crippen LogP contribution in [0.3, 0.4) is 0 Å². The lowest BCUT2D eigenvalue weighted by Gasteiger charge is -2.34. The number of Topliss-reactive ketones (excluding diaryl/α,β-unsaturated/α-hetero) is 1. The molecule has 3 N–H and O–H groups in total. The molecule has 1 aliphatic rings. The summed E-state index contributed by atoms with van der Waals surface area (Å²) < 4.78 is 0. The number of ketones is 1. The van der Waals surface area contributed by atoms with Crippen molar-refractivity contribution < 1.29 is 14.4 Å². The molecule has 0 saturated carbocycles. The molecule has 2 amide bonds. The minimum Gasteiger partial charge on any atom is -0.368 e. The van der Waals surface area contributed by atoms with Gasteiger partial charge in [-0.3, -0.25) is 19.3 Å². The number of anilines is 1. The number of carbonyl (C=O) groups is 3. The second-order valence-corrected chi connectivity index (χ2v) is 10.1. The summed E-state index contributed by atoms with van der Waals surface area (Å²) in [5.41, 5.74) is 6.97. The summed E-state index contributed by atoms with van der Waals surface area (Å²) in [4.78, 5) is 49.6. The van der Waals surface area contributed by atoms with E-state index in [-0.39, 0.29) is 24.5 Å². The Morgan fingerprint density at radius 2 is 1.89 bits per heavy atom. The number of nitrogens with zero attached hydrogens (tertiary/aromatic N) is 4. The number of aromatic nitrogens is 1. The van der Waals surface area contributed by atoms with Crippen LogP contribution in [0.1, 0.15) is 18.9 Å². The molecule has 0 spiro atoms. The standard InChI is InChI=1S/C25H36N6O3S/c1-19(23(33)30(3)11-14-31-12-9-29(2)10-13-31)21(32)16-25(24(26)34,28-22-17-35-18-27-22)15-20-7-5-4-6-8-20/h4-8,17-19,28H,9-16H2,1-3H3,(H2,26,34). The van der Waals surface area contributed by atoms with Gasteiger partial charge in [0.2, 0.25) is 11.8 Å². The molecule has 3 rings (SSSR count). The van der Waals surface area contributed by atoms with E-state index in [4.69, 9.17) is 5.73 Å². The maximum absolute atomic E-state index is 13.3. The predicted molar refractivity (Wildman–Crippen MR) is 138 cm³/mol. The Bertz CT molecular complexity index is 978. The molecule has 190 valence electrons. The van der Waals surface area contributed by atoms with Crippen molar-refractivity contribution in [3.05, 3.63) is 46.8 Å². The number of nitrogens with one attached hydrogen (secondary N) is 1. The van der Waals surface area contributed by atoms with Crippen LogP contribution >= 0.6 is 11.3 Å². The third kappa shape index (κ3) is 7.33. The van der Waals surface area contributed by atoms with Gasteiger partial charge in [0, 0.05) is 64.5 Å². The van der Waals surface area contributed by atoms with Gasteiger partial charge in [-0.25, -0.2) is 4.98 Å². The zero-order valence-corrected chi connectivity index (χ0v) is 21.6. The summed E-state index contributed by atoms with van der Waals surface area (Å²) in [6.07, 6.45) is -0.0133. The normalized spacial score (nSPS) is 17.3. The average molecular weight is 501 g/mol. The topological polar surface area (TPSA) is 112 Å². The average Bonchev–Trinajstić information content (AvgIpc) is 3.35. The highest BCUT2D eigenvalue weighted by Gasteiger charge is 2.41. The van der Waals surface area contributed by atoms with Gasteiger partial charge in [-0.1, -0.05) is 30.3 Å². The Balaban J connectivity index is 1.69. The minimum atomic E-state index is -1.40. The number of nitrogens with two attached hydrogens (primary N) is 1. The Kier molecular flexibility index (Phi) is 9.36. The predicted octanol–water partition coefficient (Wildman–Crippen LogP) is 1.32. The molecule has 35 heavy (non-hydrogen) atoms.